The van der Waals surface area contributed by atoms with Crippen molar-refractivity contribution in [2.24, 2.45) is 10.7 Å². The Labute approximate surface area is 95.5 Å². The molecule has 0 spiro atoms. The van der Waals surface area contributed by atoms with Crippen LogP contribution in [0.4, 0.5) is 0 Å². The SMILES string of the molecule is C=CCNC(N)=NCc1cc(C)nc(C)n1. The van der Waals surface area contributed by atoms with E-state index >= 15 is 0 Å². The van der Waals surface area contributed by atoms with Gasteiger partial charge in [-0.1, -0.05) is 6.08 Å². The first-order valence-corrected chi connectivity index (χ1v) is 5.07. The molecule has 0 aromatic carbocycles. The van der Waals surface area contributed by atoms with Crippen LogP contribution in [0.5, 0.6) is 0 Å². The molecule has 0 saturated heterocycles. The van der Waals surface area contributed by atoms with Crippen LogP contribution in [0.2, 0.25) is 0 Å². The summed E-state index contributed by atoms with van der Waals surface area (Å²) in [5.74, 6) is 1.15. The largest absolute Gasteiger partial charge is 0.370 e. The molecule has 0 atom stereocenters. The highest BCUT2D eigenvalue weighted by Crippen LogP contribution is 2.01. The summed E-state index contributed by atoms with van der Waals surface area (Å²) in [5, 5.41) is 2.90. The molecule has 86 valence electrons. The minimum absolute atomic E-state index is 0.397. The predicted molar refractivity (Wildman–Crippen MR) is 65.0 cm³/mol. The van der Waals surface area contributed by atoms with Gasteiger partial charge in [0.2, 0.25) is 0 Å². The molecule has 0 aliphatic carbocycles. The summed E-state index contributed by atoms with van der Waals surface area (Å²) in [4.78, 5) is 12.6. The van der Waals surface area contributed by atoms with E-state index in [4.69, 9.17) is 5.73 Å². The van der Waals surface area contributed by atoms with Crippen molar-refractivity contribution in [3.63, 3.8) is 0 Å². The van der Waals surface area contributed by atoms with E-state index in [1.807, 2.05) is 19.9 Å². The van der Waals surface area contributed by atoms with Crippen molar-refractivity contribution in [1.82, 2.24) is 15.3 Å². The number of guanidine groups is 1. The van der Waals surface area contributed by atoms with Gasteiger partial charge in [-0.05, 0) is 19.9 Å². The number of hydrogen-bond acceptors (Lipinski definition) is 3. The average molecular weight is 219 g/mol. The van der Waals surface area contributed by atoms with Crippen LogP contribution < -0.4 is 11.1 Å². The molecule has 1 rings (SSSR count). The normalized spacial score (nSPS) is 11.2. The third kappa shape index (κ3) is 4.08. The molecule has 5 heteroatoms. The molecule has 0 aliphatic rings. The Morgan fingerprint density at radius 3 is 2.94 bits per heavy atom. The number of hydrogen-bond donors (Lipinski definition) is 2. The van der Waals surface area contributed by atoms with Gasteiger partial charge in [0.15, 0.2) is 5.96 Å². The third-order valence-electron chi connectivity index (χ3n) is 1.86. The van der Waals surface area contributed by atoms with Crippen molar-refractivity contribution in [2.45, 2.75) is 20.4 Å². The van der Waals surface area contributed by atoms with E-state index in [1.54, 1.807) is 6.08 Å². The number of aryl methyl sites for hydroxylation is 2. The molecule has 5 nitrogen and oxygen atoms in total. The fourth-order valence-electron chi connectivity index (χ4n) is 1.27. The Kier molecular flexibility index (Phi) is 4.44. The molecule has 1 aromatic rings. The van der Waals surface area contributed by atoms with E-state index in [0.717, 1.165) is 17.2 Å². The standard InChI is InChI=1S/C11H17N5/c1-4-5-13-11(12)14-7-10-6-8(2)15-9(3)16-10/h4,6H,1,5,7H2,2-3H3,(H3,12,13,14). The second-order valence-electron chi connectivity index (χ2n) is 3.42. The topological polar surface area (TPSA) is 76.2 Å². The molecule has 1 heterocycles. The summed E-state index contributed by atoms with van der Waals surface area (Å²) in [7, 11) is 0. The Morgan fingerprint density at radius 1 is 1.56 bits per heavy atom. The monoisotopic (exact) mass is 219 g/mol. The van der Waals surface area contributed by atoms with E-state index < -0.39 is 0 Å². The minimum atomic E-state index is 0.397. The molecular formula is C11H17N5. The van der Waals surface area contributed by atoms with Crippen LogP contribution >= 0.6 is 0 Å². The number of aromatic nitrogens is 2. The quantitative estimate of drug-likeness (QED) is 0.443. The van der Waals surface area contributed by atoms with Crippen LogP contribution in [-0.2, 0) is 6.54 Å². The van der Waals surface area contributed by atoms with Crippen LogP contribution in [0.1, 0.15) is 17.2 Å². The van der Waals surface area contributed by atoms with E-state index in [0.29, 0.717) is 19.0 Å². The van der Waals surface area contributed by atoms with Gasteiger partial charge in [0.05, 0.1) is 12.2 Å². The zero-order valence-corrected chi connectivity index (χ0v) is 9.70. The maximum atomic E-state index is 5.63. The van der Waals surface area contributed by atoms with Gasteiger partial charge in [-0.15, -0.1) is 6.58 Å². The molecular weight excluding hydrogens is 202 g/mol. The Morgan fingerprint density at radius 2 is 2.31 bits per heavy atom. The van der Waals surface area contributed by atoms with Gasteiger partial charge < -0.3 is 11.1 Å². The second kappa shape index (κ2) is 5.85. The third-order valence-corrected chi connectivity index (χ3v) is 1.86. The summed E-state index contributed by atoms with van der Waals surface area (Å²) in [6.07, 6.45) is 1.72. The highest BCUT2D eigenvalue weighted by Gasteiger charge is 1.98. The van der Waals surface area contributed by atoms with Gasteiger partial charge in [0.1, 0.15) is 5.82 Å². The predicted octanol–water partition coefficient (Wildman–Crippen LogP) is 0.684. The summed E-state index contributed by atoms with van der Waals surface area (Å²) in [6.45, 7) is 8.44. The van der Waals surface area contributed by atoms with Gasteiger partial charge >= 0.3 is 0 Å². The molecule has 1 aromatic heterocycles. The fraction of sp³-hybridized carbons (Fsp3) is 0.364. The number of aliphatic imine (C=N–C) groups is 1. The Hall–Kier alpha value is -1.91. The Bertz CT molecular complexity index is 377. The lowest BCUT2D eigenvalue weighted by Crippen LogP contribution is -2.31. The molecule has 0 bridgehead atoms. The van der Waals surface area contributed by atoms with Crippen LogP contribution in [0, 0.1) is 13.8 Å². The number of nitrogens with zero attached hydrogens (tertiary/aromatic N) is 3. The number of rotatable bonds is 4. The van der Waals surface area contributed by atoms with E-state index in [9.17, 15) is 0 Å². The fourth-order valence-corrected chi connectivity index (χ4v) is 1.27. The van der Waals surface area contributed by atoms with Gasteiger partial charge in [-0.3, -0.25) is 0 Å². The van der Waals surface area contributed by atoms with Crippen molar-refractivity contribution < 1.29 is 0 Å². The first-order chi connectivity index (χ1) is 7.61. The van der Waals surface area contributed by atoms with Gasteiger partial charge in [-0.25, -0.2) is 15.0 Å². The highest BCUT2D eigenvalue weighted by molar-refractivity contribution is 5.77. The summed E-state index contributed by atoms with van der Waals surface area (Å²) in [6, 6.07) is 1.90. The highest BCUT2D eigenvalue weighted by atomic mass is 15.1. The molecule has 0 amide bonds. The first kappa shape index (κ1) is 12.2. The zero-order valence-electron chi connectivity index (χ0n) is 9.70. The van der Waals surface area contributed by atoms with Crippen molar-refractivity contribution >= 4 is 5.96 Å². The molecule has 0 fully saturated rings. The van der Waals surface area contributed by atoms with Crippen LogP contribution in [0.15, 0.2) is 23.7 Å². The maximum absolute atomic E-state index is 5.63. The van der Waals surface area contributed by atoms with Crippen molar-refractivity contribution in [3.8, 4) is 0 Å². The van der Waals surface area contributed by atoms with E-state index in [-0.39, 0.29) is 0 Å². The lowest BCUT2D eigenvalue weighted by Gasteiger charge is -2.03. The summed E-state index contributed by atoms with van der Waals surface area (Å²) < 4.78 is 0. The average Bonchev–Trinajstić information content (AvgIpc) is 2.22. The van der Waals surface area contributed by atoms with E-state index in [1.165, 1.54) is 0 Å². The van der Waals surface area contributed by atoms with Crippen LogP contribution in [-0.4, -0.2) is 22.5 Å². The minimum Gasteiger partial charge on any atom is -0.370 e. The molecule has 0 saturated carbocycles. The zero-order chi connectivity index (χ0) is 12.0. The van der Waals surface area contributed by atoms with Gasteiger partial charge in [-0.2, -0.15) is 0 Å². The molecule has 16 heavy (non-hydrogen) atoms. The number of nitrogens with two attached hydrogens (primary N) is 1. The smallest absolute Gasteiger partial charge is 0.189 e. The summed E-state index contributed by atoms with van der Waals surface area (Å²) in [5.41, 5.74) is 7.44. The first-order valence-electron chi connectivity index (χ1n) is 5.07. The van der Waals surface area contributed by atoms with Crippen LogP contribution in [0.25, 0.3) is 0 Å². The van der Waals surface area contributed by atoms with Crippen molar-refractivity contribution in [1.29, 1.82) is 0 Å². The van der Waals surface area contributed by atoms with Crippen molar-refractivity contribution in [2.75, 3.05) is 6.54 Å². The summed E-state index contributed by atoms with van der Waals surface area (Å²) >= 11 is 0. The van der Waals surface area contributed by atoms with Crippen LogP contribution in [0.3, 0.4) is 0 Å². The molecule has 0 radical (unpaired) electrons. The van der Waals surface area contributed by atoms with Gasteiger partial charge in [0, 0.05) is 12.2 Å². The Balaban J connectivity index is 2.62. The van der Waals surface area contributed by atoms with Crippen molar-refractivity contribution in [3.05, 3.63) is 35.9 Å². The maximum Gasteiger partial charge on any atom is 0.189 e. The second-order valence-corrected chi connectivity index (χ2v) is 3.42. The van der Waals surface area contributed by atoms with Gasteiger partial charge in [0.25, 0.3) is 0 Å². The number of nitrogens with one attached hydrogen (secondary N) is 1. The molecule has 0 aliphatic heterocycles. The molecule has 3 N–H and O–H groups in total. The lowest BCUT2D eigenvalue weighted by atomic mass is 10.3. The lowest BCUT2D eigenvalue weighted by molar-refractivity contribution is 0.892. The van der Waals surface area contributed by atoms with E-state index in [2.05, 4.69) is 26.9 Å². The molecule has 0 unspecified atom stereocenters.